The van der Waals surface area contributed by atoms with E-state index in [-0.39, 0.29) is 4.65 Å². The van der Waals surface area contributed by atoms with Crippen molar-refractivity contribution in [1.82, 2.24) is 0 Å². The SMILES string of the molecule is C[N+]([O-])(Cc1ccccc1)Cc1ccc(Cl)cc1. The number of quaternary nitrogens is 1. The Bertz CT molecular complexity index is 494. The minimum Gasteiger partial charge on any atom is -0.632 e. The Morgan fingerprint density at radius 3 is 1.94 bits per heavy atom. The lowest BCUT2D eigenvalue weighted by molar-refractivity contribution is -0.887. The third kappa shape index (κ3) is 3.84. The van der Waals surface area contributed by atoms with Gasteiger partial charge in [-0.2, -0.15) is 0 Å². The maximum Gasteiger partial charge on any atom is 0.104 e. The maximum atomic E-state index is 12.4. The molecular weight excluding hydrogens is 246 g/mol. The zero-order valence-corrected chi connectivity index (χ0v) is 11.1. The fourth-order valence-electron chi connectivity index (χ4n) is 2.00. The van der Waals surface area contributed by atoms with Crippen LogP contribution in [0, 0.1) is 5.21 Å². The first kappa shape index (κ1) is 13.1. The summed E-state index contributed by atoms with van der Waals surface area (Å²) >= 11 is 5.83. The molecule has 0 aromatic heterocycles. The zero-order chi connectivity index (χ0) is 13.0. The summed E-state index contributed by atoms with van der Waals surface area (Å²) in [6.45, 7) is 0.926. The Morgan fingerprint density at radius 2 is 1.39 bits per heavy atom. The largest absolute Gasteiger partial charge is 0.632 e. The van der Waals surface area contributed by atoms with E-state index in [9.17, 15) is 5.21 Å². The Balaban J connectivity index is 2.05. The molecule has 2 nitrogen and oxygen atoms in total. The fraction of sp³-hybridized carbons (Fsp3) is 0.200. The lowest BCUT2D eigenvalue weighted by Gasteiger charge is -2.38. The molecule has 0 aliphatic carbocycles. The van der Waals surface area contributed by atoms with E-state index in [1.807, 2.05) is 54.6 Å². The van der Waals surface area contributed by atoms with E-state index in [1.54, 1.807) is 7.05 Å². The van der Waals surface area contributed by atoms with Gasteiger partial charge in [0.05, 0.1) is 7.05 Å². The van der Waals surface area contributed by atoms with Crippen LogP contribution >= 0.6 is 11.6 Å². The van der Waals surface area contributed by atoms with Crippen molar-refractivity contribution in [1.29, 1.82) is 0 Å². The van der Waals surface area contributed by atoms with Gasteiger partial charge in [0.15, 0.2) is 0 Å². The van der Waals surface area contributed by atoms with Crippen molar-refractivity contribution in [2.45, 2.75) is 13.1 Å². The van der Waals surface area contributed by atoms with Crippen molar-refractivity contribution in [2.24, 2.45) is 0 Å². The first-order valence-corrected chi connectivity index (χ1v) is 6.27. The van der Waals surface area contributed by atoms with Crippen LogP contribution in [0.25, 0.3) is 0 Å². The predicted molar refractivity (Wildman–Crippen MR) is 74.9 cm³/mol. The third-order valence-corrected chi connectivity index (χ3v) is 3.04. The van der Waals surface area contributed by atoms with E-state index in [2.05, 4.69) is 0 Å². The second-order valence-electron chi connectivity index (χ2n) is 4.73. The van der Waals surface area contributed by atoms with Crippen LogP contribution in [-0.4, -0.2) is 11.7 Å². The third-order valence-electron chi connectivity index (χ3n) is 2.79. The van der Waals surface area contributed by atoms with E-state index in [4.69, 9.17) is 11.6 Å². The average molecular weight is 262 g/mol. The van der Waals surface area contributed by atoms with E-state index in [1.165, 1.54) is 0 Å². The summed E-state index contributed by atoms with van der Waals surface area (Å²) < 4.78 is -0.314. The van der Waals surface area contributed by atoms with Gasteiger partial charge in [-0.1, -0.05) is 54.1 Å². The van der Waals surface area contributed by atoms with Crippen molar-refractivity contribution >= 4 is 11.6 Å². The normalized spacial score (nSPS) is 14.2. The number of hydroxylamine groups is 3. The molecule has 2 rings (SSSR count). The monoisotopic (exact) mass is 261 g/mol. The molecule has 1 unspecified atom stereocenters. The highest BCUT2D eigenvalue weighted by Crippen LogP contribution is 2.17. The molecule has 0 heterocycles. The van der Waals surface area contributed by atoms with Crippen molar-refractivity contribution in [3.8, 4) is 0 Å². The van der Waals surface area contributed by atoms with Gasteiger partial charge in [0.25, 0.3) is 0 Å². The molecule has 0 aliphatic rings. The van der Waals surface area contributed by atoms with Crippen LogP contribution in [0.15, 0.2) is 54.6 Å². The Hall–Kier alpha value is -1.35. The van der Waals surface area contributed by atoms with Crippen LogP contribution in [0.1, 0.15) is 11.1 Å². The van der Waals surface area contributed by atoms with Crippen molar-refractivity contribution in [3.63, 3.8) is 0 Å². The minimum atomic E-state index is -0.314. The van der Waals surface area contributed by atoms with Gasteiger partial charge >= 0.3 is 0 Å². The summed E-state index contributed by atoms with van der Waals surface area (Å²) in [6.07, 6.45) is 0. The van der Waals surface area contributed by atoms with Gasteiger partial charge in [-0.15, -0.1) is 0 Å². The Morgan fingerprint density at radius 1 is 0.889 bits per heavy atom. The Labute approximate surface area is 113 Å². The zero-order valence-electron chi connectivity index (χ0n) is 10.3. The quantitative estimate of drug-likeness (QED) is 0.603. The van der Waals surface area contributed by atoms with Gasteiger partial charge < -0.3 is 9.85 Å². The van der Waals surface area contributed by atoms with Gasteiger partial charge in [-0.05, 0) is 12.1 Å². The molecular formula is C15H16ClNO. The van der Waals surface area contributed by atoms with Crippen LogP contribution in [0.4, 0.5) is 0 Å². The summed E-state index contributed by atoms with van der Waals surface area (Å²) in [4.78, 5) is 0. The molecule has 0 spiro atoms. The van der Waals surface area contributed by atoms with Gasteiger partial charge in [0, 0.05) is 16.1 Å². The highest BCUT2D eigenvalue weighted by Gasteiger charge is 2.12. The summed E-state index contributed by atoms with van der Waals surface area (Å²) in [5.74, 6) is 0. The second kappa shape index (κ2) is 5.53. The van der Waals surface area contributed by atoms with Gasteiger partial charge in [-0.3, -0.25) is 0 Å². The van der Waals surface area contributed by atoms with Gasteiger partial charge in [0.2, 0.25) is 0 Å². The van der Waals surface area contributed by atoms with Crippen molar-refractivity contribution < 1.29 is 4.65 Å². The first-order chi connectivity index (χ1) is 8.55. The van der Waals surface area contributed by atoms with Crippen LogP contribution in [0.3, 0.4) is 0 Å². The lowest BCUT2D eigenvalue weighted by atomic mass is 10.2. The topological polar surface area (TPSA) is 23.1 Å². The maximum absolute atomic E-state index is 12.4. The molecule has 3 heteroatoms. The van der Waals surface area contributed by atoms with Crippen LogP contribution in [0.2, 0.25) is 5.02 Å². The smallest absolute Gasteiger partial charge is 0.104 e. The molecule has 0 amide bonds. The summed E-state index contributed by atoms with van der Waals surface area (Å²) in [5, 5.41) is 13.1. The highest BCUT2D eigenvalue weighted by atomic mass is 35.5. The number of rotatable bonds is 4. The molecule has 0 bridgehead atoms. The van der Waals surface area contributed by atoms with Crippen LogP contribution in [0.5, 0.6) is 0 Å². The average Bonchev–Trinajstić information content (AvgIpc) is 2.32. The molecule has 94 valence electrons. The molecule has 0 saturated carbocycles. The molecule has 1 atom stereocenters. The van der Waals surface area contributed by atoms with Crippen molar-refractivity contribution in [2.75, 3.05) is 7.05 Å². The van der Waals surface area contributed by atoms with Gasteiger partial charge in [-0.25, -0.2) is 0 Å². The van der Waals surface area contributed by atoms with E-state index >= 15 is 0 Å². The molecule has 0 aliphatic heterocycles. The second-order valence-corrected chi connectivity index (χ2v) is 5.16. The molecule has 0 fully saturated rings. The number of nitrogens with zero attached hydrogens (tertiary/aromatic N) is 1. The number of halogens is 1. The van der Waals surface area contributed by atoms with Crippen molar-refractivity contribution in [3.05, 3.63) is 76.0 Å². The molecule has 2 aromatic carbocycles. The van der Waals surface area contributed by atoms with E-state index < -0.39 is 0 Å². The molecule has 2 aromatic rings. The fourth-order valence-corrected chi connectivity index (χ4v) is 2.13. The van der Waals surface area contributed by atoms with Crippen LogP contribution in [-0.2, 0) is 13.1 Å². The number of benzene rings is 2. The standard InChI is InChI=1S/C15H16ClNO/c1-17(18,11-13-5-3-2-4-6-13)12-14-7-9-15(16)10-8-14/h2-10H,11-12H2,1H3. The molecule has 0 radical (unpaired) electrons. The molecule has 18 heavy (non-hydrogen) atoms. The lowest BCUT2D eigenvalue weighted by Crippen LogP contribution is -2.35. The summed E-state index contributed by atoms with van der Waals surface area (Å²) in [6, 6.07) is 17.3. The highest BCUT2D eigenvalue weighted by molar-refractivity contribution is 6.30. The summed E-state index contributed by atoms with van der Waals surface area (Å²) in [5.41, 5.74) is 2.07. The van der Waals surface area contributed by atoms with E-state index in [0.29, 0.717) is 18.1 Å². The Kier molecular flexibility index (Phi) is 4.02. The first-order valence-electron chi connectivity index (χ1n) is 5.89. The molecule has 0 N–H and O–H groups in total. The number of hydrogen-bond acceptors (Lipinski definition) is 1. The summed E-state index contributed by atoms with van der Waals surface area (Å²) in [7, 11) is 1.70. The minimum absolute atomic E-state index is 0.314. The molecule has 0 saturated heterocycles. The van der Waals surface area contributed by atoms with E-state index in [0.717, 1.165) is 11.1 Å². The van der Waals surface area contributed by atoms with Gasteiger partial charge in [0.1, 0.15) is 13.1 Å². The van der Waals surface area contributed by atoms with Crippen LogP contribution < -0.4 is 0 Å². The number of hydrogen-bond donors (Lipinski definition) is 0. The predicted octanol–water partition coefficient (Wildman–Crippen LogP) is 3.98.